The molecule has 2 heterocycles. The molecule has 2 amide bonds. The van der Waals surface area contributed by atoms with Crippen LogP contribution < -0.4 is 21.3 Å². The van der Waals surface area contributed by atoms with E-state index in [2.05, 4.69) is 26.3 Å². The van der Waals surface area contributed by atoms with E-state index in [0.29, 0.717) is 44.2 Å². The number of benzene rings is 1. The second-order valence-electron chi connectivity index (χ2n) is 7.93. The van der Waals surface area contributed by atoms with Crippen LogP contribution in [-0.2, 0) is 9.59 Å². The first-order valence-corrected chi connectivity index (χ1v) is 12.2. The normalized spacial score (nSPS) is 16.0. The monoisotopic (exact) mass is 541 g/mol. The summed E-state index contributed by atoms with van der Waals surface area (Å²) in [7, 11) is 0. The van der Waals surface area contributed by atoms with Gasteiger partial charge in [0.05, 0.1) is 42.2 Å². The molecular formula is C22H25Cl2N5O5S. The lowest BCUT2D eigenvalue weighted by molar-refractivity contribution is -0.137. The molecule has 1 aromatic carbocycles. The number of amides is 2. The van der Waals surface area contributed by atoms with Crippen molar-refractivity contribution in [1.82, 2.24) is 16.0 Å². The molecule has 0 saturated heterocycles. The number of aliphatic carboxylic acids is 1. The number of nitrogens with one attached hydrogen (secondary N) is 4. The second-order valence-corrected chi connectivity index (χ2v) is 10.0. The van der Waals surface area contributed by atoms with Crippen LogP contribution >= 0.6 is 34.5 Å². The molecule has 0 radical (unpaired) electrons. The van der Waals surface area contributed by atoms with Gasteiger partial charge in [0.25, 0.3) is 5.91 Å². The molecule has 2 unspecified atom stereocenters. The fraction of sp³-hybridized carbons (Fsp3) is 0.364. The largest absolute Gasteiger partial charge is 0.481 e. The third kappa shape index (κ3) is 7.31. The first-order chi connectivity index (χ1) is 16.5. The van der Waals surface area contributed by atoms with Gasteiger partial charge in [0.1, 0.15) is 0 Å². The third-order valence-electron chi connectivity index (χ3n) is 5.21. The number of rotatable bonds is 8. The van der Waals surface area contributed by atoms with Crippen molar-refractivity contribution < 1.29 is 24.6 Å². The molecule has 1 aliphatic rings. The summed E-state index contributed by atoms with van der Waals surface area (Å²) >= 11 is 13.5. The Morgan fingerprint density at radius 2 is 2.00 bits per heavy atom. The van der Waals surface area contributed by atoms with Crippen molar-refractivity contribution in [2.45, 2.75) is 32.4 Å². The molecule has 2 atom stereocenters. The number of thiophene rings is 1. The number of halogens is 2. The van der Waals surface area contributed by atoms with Crippen molar-refractivity contribution in [3.05, 3.63) is 49.1 Å². The molecule has 0 fully saturated rings. The van der Waals surface area contributed by atoms with Crippen LogP contribution in [0.1, 0.15) is 38.1 Å². The Morgan fingerprint density at radius 3 is 2.66 bits per heavy atom. The molecule has 0 saturated carbocycles. The molecular weight excluding hydrogens is 517 g/mol. The van der Waals surface area contributed by atoms with Crippen LogP contribution in [-0.4, -0.2) is 59.7 Å². The summed E-state index contributed by atoms with van der Waals surface area (Å²) in [6.45, 7) is 3.85. The fourth-order valence-electron chi connectivity index (χ4n) is 3.39. The molecule has 188 valence electrons. The number of carbonyl (C=O) groups is 3. The molecule has 3 rings (SSSR count). The maximum absolute atomic E-state index is 12.6. The summed E-state index contributed by atoms with van der Waals surface area (Å²) in [5.41, 5.74) is 1.77. The van der Waals surface area contributed by atoms with Gasteiger partial charge in [-0.2, -0.15) is 0 Å². The van der Waals surface area contributed by atoms with E-state index < -0.39 is 29.9 Å². The topological polar surface area (TPSA) is 152 Å². The van der Waals surface area contributed by atoms with E-state index in [1.54, 1.807) is 19.1 Å². The van der Waals surface area contributed by atoms with Crippen LogP contribution in [0, 0.1) is 13.8 Å². The lowest BCUT2D eigenvalue weighted by Gasteiger charge is -2.20. The number of carboxylic acids is 1. The number of aliphatic hydroxyl groups is 1. The van der Waals surface area contributed by atoms with Gasteiger partial charge in [-0.1, -0.05) is 23.2 Å². The molecule has 2 aromatic rings. The molecule has 13 heteroatoms. The van der Waals surface area contributed by atoms with Crippen molar-refractivity contribution in [2.24, 2.45) is 4.99 Å². The molecule has 0 spiro atoms. The minimum absolute atomic E-state index is 0.283. The number of hydrogen-bond donors (Lipinski definition) is 6. The van der Waals surface area contributed by atoms with Crippen LogP contribution in [0.25, 0.3) is 0 Å². The van der Waals surface area contributed by atoms with Gasteiger partial charge in [-0.3, -0.25) is 19.4 Å². The average molecular weight is 542 g/mol. The number of nitrogens with zero attached hydrogens (tertiary/aromatic N) is 1. The summed E-state index contributed by atoms with van der Waals surface area (Å²) in [6.07, 6.45) is -0.919. The Hall–Kier alpha value is -2.86. The summed E-state index contributed by atoms with van der Waals surface area (Å²) in [5.74, 6) is -1.63. The van der Waals surface area contributed by atoms with E-state index in [4.69, 9.17) is 23.2 Å². The Labute approximate surface area is 215 Å². The highest BCUT2D eigenvalue weighted by Gasteiger charge is 2.22. The van der Waals surface area contributed by atoms with Crippen molar-refractivity contribution in [1.29, 1.82) is 0 Å². The zero-order valence-corrected chi connectivity index (χ0v) is 21.3. The zero-order valence-electron chi connectivity index (χ0n) is 18.9. The van der Waals surface area contributed by atoms with Crippen LogP contribution in [0.3, 0.4) is 0 Å². The Morgan fingerprint density at radius 1 is 1.26 bits per heavy atom. The summed E-state index contributed by atoms with van der Waals surface area (Å²) in [5, 5.41) is 30.7. The standard InChI is InChI=1S/C22H25Cl2N5O5S/c1-10-14(3-12(23)4-15(10)24)17(6-20(32)33)28-19(31)9-25-21(34)18-5-16(11(2)35-18)29-22-26-7-13(30)8-27-22/h3-5,13,17,30H,6-9H2,1-2H3,(H,25,34)(H,28,31)(H,32,33)(H2,26,27,29). The number of β-amino-alcohol motifs (C(OH)–C–C–N with tert-alkyl or cyclic N) is 1. The molecule has 6 N–H and O–H groups in total. The van der Waals surface area contributed by atoms with Crippen LogP contribution in [0.4, 0.5) is 5.69 Å². The fourth-order valence-corrected chi connectivity index (χ4v) is 4.80. The van der Waals surface area contributed by atoms with Crippen molar-refractivity contribution in [3.63, 3.8) is 0 Å². The molecule has 0 aliphatic carbocycles. The number of aryl methyl sites for hydroxylation is 1. The highest BCUT2D eigenvalue weighted by atomic mass is 35.5. The van der Waals surface area contributed by atoms with Gasteiger partial charge in [0.2, 0.25) is 5.91 Å². The van der Waals surface area contributed by atoms with Gasteiger partial charge in [-0.05, 0) is 43.2 Å². The van der Waals surface area contributed by atoms with Gasteiger partial charge in [-0.25, -0.2) is 0 Å². The lowest BCUT2D eigenvalue weighted by Crippen LogP contribution is -2.42. The van der Waals surface area contributed by atoms with Crippen LogP contribution in [0.2, 0.25) is 10.0 Å². The average Bonchev–Trinajstić information content (AvgIpc) is 3.15. The maximum Gasteiger partial charge on any atom is 0.305 e. The number of anilines is 1. The molecule has 0 bridgehead atoms. The number of aliphatic hydroxyl groups excluding tert-OH is 1. The number of guanidine groups is 1. The molecule has 10 nitrogen and oxygen atoms in total. The predicted molar refractivity (Wildman–Crippen MR) is 136 cm³/mol. The van der Waals surface area contributed by atoms with Crippen LogP contribution in [0.15, 0.2) is 23.2 Å². The Bertz CT molecular complexity index is 1170. The van der Waals surface area contributed by atoms with Gasteiger partial charge < -0.3 is 31.5 Å². The Kier molecular flexibility index (Phi) is 8.95. The Balaban J connectivity index is 1.62. The first-order valence-electron chi connectivity index (χ1n) is 10.6. The second kappa shape index (κ2) is 11.7. The quantitative estimate of drug-likeness (QED) is 0.300. The van der Waals surface area contributed by atoms with E-state index in [9.17, 15) is 24.6 Å². The van der Waals surface area contributed by atoms with Crippen molar-refractivity contribution >= 4 is 64.0 Å². The number of carbonyl (C=O) groups excluding carboxylic acids is 2. The molecule has 1 aromatic heterocycles. The number of aliphatic imine (C=N–C) groups is 1. The highest BCUT2D eigenvalue weighted by Crippen LogP contribution is 2.30. The van der Waals surface area contributed by atoms with Gasteiger partial charge in [0.15, 0.2) is 5.96 Å². The predicted octanol–water partition coefficient (Wildman–Crippen LogP) is 2.47. The summed E-state index contributed by atoms with van der Waals surface area (Å²) in [4.78, 5) is 41.9. The smallest absolute Gasteiger partial charge is 0.305 e. The van der Waals surface area contributed by atoms with Gasteiger partial charge >= 0.3 is 5.97 Å². The molecule has 35 heavy (non-hydrogen) atoms. The summed E-state index contributed by atoms with van der Waals surface area (Å²) in [6, 6.07) is 3.86. The number of carboxylic acid groups (broad SMARTS) is 1. The van der Waals surface area contributed by atoms with Gasteiger partial charge in [0, 0.05) is 21.5 Å². The third-order valence-corrected chi connectivity index (χ3v) is 6.87. The lowest BCUT2D eigenvalue weighted by atomic mass is 9.98. The van der Waals surface area contributed by atoms with E-state index in [1.807, 2.05) is 6.92 Å². The molecule has 1 aliphatic heterocycles. The van der Waals surface area contributed by atoms with E-state index in [0.717, 1.165) is 4.88 Å². The zero-order chi connectivity index (χ0) is 25.7. The minimum Gasteiger partial charge on any atom is -0.481 e. The van der Waals surface area contributed by atoms with Gasteiger partial charge in [-0.15, -0.1) is 11.3 Å². The van der Waals surface area contributed by atoms with Crippen molar-refractivity contribution in [3.8, 4) is 0 Å². The first kappa shape index (κ1) is 26.7. The van der Waals surface area contributed by atoms with E-state index in [1.165, 1.54) is 17.4 Å². The highest BCUT2D eigenvalue weighted by molar-refractivity contribution is 7.14. The van der Waals surface area contributed by atoms with E-state index >= 15 is 0 Å². The number of hydrogen-bond acceptors (Lipinski definition) is 8. The van der Waals surface area contributed by atoms with Crippen molar-refractivity contribution in [2.75, 3.05) is 25.0 Å². The summed E-state index contributed by atoms with van der Waals surface area (Å²) < 4.78 is 0. The van der Waals surface area contributed by atoms with Crippen LogP contribution in [0.5, 0.6) is 0 Å². The maximum atomic E-state index is 12.6. The SMILES string of the molecule is Cc1sc(C(=O)NCC(=O)NC(CC(=O)O)c2cc(Cl)cc(Cl)c2C)cc1NC1=NCC(O)CN1. The van der Waals surface area contributed by atoms with E-state index in [-0.39, 0.29) is 19.5 Å². The minimum atomic E-state index is -1.12.